The van der Waals surface area contributed by atoms with Crippen LogP contribution < -0.4 is 11.1 Å². The molecule has 2 rings (SSSR count). The van der Waals surface area contributed by atoms with Crippen LogP contribution in [0, 0.1) is 0 Å². The number of nitrogens with zero attached hydrogens (tertiary/aromatic N) is 1. The van der Waals surface area contributed by atoms with Gasteiger partial charge in [-0.15, -0.1) is 0 Å². The maximum atomic E-state index is 12.0. The van der Waals surface area contributed by atoms with Crippen LogP contribution in [0.1, 0.15) is 19.8 Å². The molecule has 1 atom stereocenters. The van der Waals surface area contributed by atoms with Gasteiger partial charge in [0.15, 0.2) is 0 Å². The van der Waals surface area contributed by atoms with E-state index in [0.29, 0.717) is 34.0 Å². The summed E-state index contributed by atoms with van der Waals surface area (Å²) in [7, 11) is 0. The van der Waals surface area contributed by atoms with Crippen LogP contribution in [0.25, 0.3) is 0 Å². The van der Waals surface area contributed by atoms with E-state index >= 15 is 0 Å². The SMILES string of the molecule is CC1CCCN1CC(=O)Nc1c(N)cc(Cl)cc1Cl. The molecule has 1 aliphatic heterocycles. The first-order valence-corrected chi connectivity index (χ1v) is 7.01. The van der Waals surface area contributed by atoms with Gasteiger partial charge in [0.05, 0.1) is 22.9 Å². The zero-order valence-corrected chi connectivity index (χ0v) is 12.3. The van der Waals surface area contributed by atoms with Gasteiger partial charge in [-0.2, -0.15) is 0 Å². The third kappa shape index (κ3) is 3.53. The van der Waals surface area contributed by atoms with Gasteiger partial charge < -0.3 is 11.1 Å². The average Bonchev–Trinajstić information content (AvgIpc) is 2.69. The fraction of sp³-hybridized carbons (Fsp3) is 0.462. The summed E-state index contributed by atoms with van der Waals surface area (Å²) in [5, 5.41) is 3.56. The number of halogens is 2. The van der Waals surface area contributed by atoms with Crippen LogP contribution in [0.3, 0.4) is 0 Å². The van der Waals surface area contributed by atoms with Crippen molar-refractivity contribution in [2.45, 2.75) is 25.8 Å². The zero-order valence-electron chi connectivity index (χ0n) is 10.7. The number of amides is 1. The molecule has 1 aromatic rings. The third-order valence-corrected chi connectivity index (χ3v) is 3.90. The second-order valence-electron chi connectivity index (χ2n) is 4.86. The highest BCUT2D eigenvalue weighted by Crippen LogP contribution is 2.32. The summed E-state index contributed by atoms with van der Waals surface area (Å²) in [6.07, 6.45) is 2.27. The largest absolute Gasteiger partial charge is 0.397 e. The van der Waals surface area contributed by atoms with E-state index in [-0.39, 0.29) is 5.91 Å². The Kier molecular flexibility index (Phi) is 4.55. The number of nitrogens with two attached hydrogens (primary N) is 1. The first-order chi connectivity index (χ1) is 8.97. The molecule has 6 heteroatoms. The van der Waals surface area contributed by atoms with Gasteiger partial charge in [0.1, 0.15) is 0 Å². The summed E-state index contributed by atoms with van der Waals surface area (Å²) in [5.74, 6) is -0.107. The molecule has 0 aromatic heterocycles. The van der Waals surface area contributed by atoms with E-state index in [0.717, 1.165) is 19.4 Å². The molecule has 0 saturated carbocycles. The number of nitrogen functional groups attached to an aromatic ring is 1. The maximum Gasteiger partial charge on any atom is 0.238 e. The number of likely N-dealkylation sites (tertiary alicyclic amines) is 1. The van der Waals surface area contributed by atoms with Crippen LogP contribution >= 0.6 is 23.2 Å². The normalized spacial score (nSPS) is 19.6. The van der Waals surface area contributed by atoms with Gasteiger partial charge in [0.2, 0.25) is 5.91 Å². The van der Waals surface area contributed by atoms with Crippen LogP contribution in [0.5, 0.6) is 0 Å². The molecule has 0 radical (unpaired) electrons. The van der Waals surface area contributed by atoms with Crippen molar-refractivity contribution >= 4 is 40.5 Å². The summed E-state index contributed by atoms with van der Waals surface area (Å²) in [6, 6.07) is 3.58. The van der Waals surface area contributed by atoms with Gasteiger partial charge >= 0.3 is 0 Å². The van der Waals surface area contributed by atoms with Crippen molar-refractivity contribution in [3.63, 3.8) is 0 Å². The van der Waals surface area contributed by atoms with Crippen LogP contribution in [-0.2, 0) is 4.79 Å². The van der Waals surface area contributed by atoms with Gasteiger partial charge in [-0.05, 0) is 38.4 Å². The molecule has 0 bridgehead atoms. The van der Waals surface area contributed by atoms with Crippen molar-refractivity contribution < 1.29 is 4.79 Å². The minimum atomic E-state index is -0.107. The number of benzene rings is 1. The van der Waals surface area contributed by atoms with E-state index < -0.39 is 0 Å². The van der Waals surface area contributed by atoms with Crippen LogP contribution in [0.15, 0.2) is 12.1 Å². The topological polar surface area (TPSA) is 58.4 Å². The lowest BCUT2D eigenvalue weighted by Crippen LogP contribution is -2.35. The molecule has 1 heterocycles. The predicted molar refractivity (Wildman–Crippen MR) is 79.8 cm³/mol. The minimum absolute atomic E-state index is 0.107. The number of anilines is 2. The van der Waals surface area contributed by atoms with Gasteiger partial charge in [-0.1, -0.05) is 23.2 Å². The van der Waals surface area contributed by atoms with E-state index in [1.54, 1.807) is 12.1 Å². The van der Waals surface area contributed by atoms with Crippen LogP contribution in [0.4, 0.5) is 11.4 Å². The first-order valence-electron chi connectivity index (χ1n) is 6.26. The van der Waals surface area contributed by atoms with Crippen LogP contribution in [-0.4, -0.2) is 29.9 Å². The van der Waals surface area contributed by atoms with Crippen molar-refractivity contribution in [1.82, 2.24) is 4.90 Å². The summed E-state index contributed by atoms with van der Waals surface area (Å²) in [6.45, 7) is 3.45. The number of carbonyl (C=O) groups is 1. The van der Waals surface area contributed by atoms with Gasteiger partial charge in [0.25, 0.3) is 0 Å². The minimum Gasteiger partial charge on any atom is -0.397 e. The quantitative estimate of drug-likeness (QED) is 0.844. The average molecular weight is 302 g/mol. The number of hydrogen-bond donors (Lipinski definition) is 2. The van der Waals surface area contributed by atoms with E-state index in [1.165, 1.54) is 0 Å². The molecule has 1 aliphatic rings. The Morgan fingerprint density at radius 3 is 2.84 bits per heavy atom. The highest BCUT2D eigenvalue weighted by molar-refractivity contribution is 6.37. The molecule has 1 unspecified atom stereocenters. The summed E-state index contributed by atoms with van der Waals surface area (Å²) < 4.78 is 0. The number of hydrogen-bond acceptors (Lipinski definition) is 3. The number of nitrogens with one attached hydrogen (secondary N) is 1. The highest BCUT2D eigenvalue weighted by atomic mass is 35.5. The lowest BCUT2D eigenvalue weighted by molar-refractivity contribution is -0.117. The Morgan fingerprint density at radius 1 is 1.53 bits per heavy atom. The molecule has 1 saturated heterocycles. The fourth-order valence-corrected chi connectivity index (χ4v) is 2.87. The maximum absolute atomic E-state index is 12.0. The van der Waals surface area contributed by atoms with E-state index in [2.05, 4.69) is 17.1 Å². The Labute approximate surface area is 122 Å². The van der Waals surface area contributed by atoms with E-state index in [9.17, 15) is 4.79 Å². The Balaban J connectivity index is 2.03. The molecule has 3 N–H and O–H groups in total. The molecular formula is C13H17Cl2N3O. The molecule has 1 amide bonds. The molecule has 0 aliphatic carbocycles. The van der Waals surface area contributed by atoms with Crippen molar-refractivity contribution in [2.75, 3.05) is 24.1 Å². The molecule has 0 spiro atoms. The Bertz CT molecular complexity index is 470. The van der Waals surface area contributed by atoms with Gasteiger partial charge in [-0.3, -0.25) is 9.69 Å². The van der Waals surface area contributed by atoms with Gasteiger partial charge in [0, 0.05) is 11.1 Å². The van der Waals surface area contributed by atoms with Crippen molar-refractivity contribution in [3.8, 4) is 0 Å². The Morgan fingerprint density at radius 2 is 2.26 bits per heavy atom. The third-order valence-electron chi connectivity index (χ3n) is 3.39. The standard InChI is InChI=1S/C13H17Cl2N3O/c1-8-3-2-4-18(8)7-12(19)17-13-10(15)5-9(14)6-11(13)16/h5-6,8H,2-4,7,16H2,1H3,(H,17,19). The number of carbonyl (C=O) groups excluding carboxylic acids is 1. The Hall–Kier alpha value is -0.970. The van der Waals surface area contributed by atoms with E-state index in [1.807, 2.05) is 0 Å². The first kappa shape index (κ1) is 14.4. The smallest absolute Gasteiger partial charge is 0.238 e. The van der Waals surface area contributed by atoms with E-state index in [4.69, 9.17) is 28.9 Å². The zero-order chi connectivity index (χ0) is 14.0. The molecule has 19 heavy (non-hydrogen) atoms. The number of rotatable bonds is 3. The lowest BCUT2D eigenvalue weighted by Gasteiger charge is -2.20. The van der Waals surface area contributed by atoms with Gasteiger partial charge in [-0.25, -0.2) is 0 Å². The molecular weight excluding hydrogens is 285 g/mol. The highest BCUT2D eigenvalue weighted by Gasteiger charge is 2.22. The predicted octanol–water partition coefficient (Wildman–Crippen LogP) is 3.00. The lowest BCUT2D eigenvalue weighted by atomic mass is 10.2. The molecule has 1 aromatic carbocycles. The van der Waals surface area contributed by atoms with Crippen molar-refractivity contribution in [2.24, 2.45) is 0 Å². The van der Waals surface area contributed by atoms with Crippen LogP contribution in [0.2, 0.25) is 10.0 Å². The monoisotopic (exact) mass is 301 g/mol. The summed E-state index contributed by atoms with van der Waals surface area (Å²) >= 11 is 11.9. The second-order valence-corrected chi connectivity index (χ2v) is 5.71. The molecule has 104 valence electrons. The summed E-state index contributed by atoms with van der Waals surface area (Å²) in [4.78, 5) is 14.2. The van der Waals surface area contributed by atoms with Crippen molar-refractivity contribution in [1.29, 1.82) is 0 Å². The summed E-state index contributed by atoms with van der Waals surface area (Å²) in [5.41, 5.74) is 6.62. The molecule has 4 nitrogen and oxygen atoms in total. The fourth-order valence-electron chi connectivity index (χ4n) is 2.32. The molecule has 1 fully saturated rings. The van der Waals surface area contributed by atoms with Crippen molar-refractivity contribution in [3.05, 3.63) is 22.2 Å². The second kappa shape index (κ2) is 5.99.